The molecule has 22 heavy (non-hydrogen) atoms. The highest BCUT2D eigenvalue weighted by atomic mass is 16.5. The molecule has 0 aliphatic carbocycles. The second-order valence-electron chi connectivity index (χ2n) is 4.44. The monoisotopic (exact) mass is 310 g/mol. The van der Waals surface area contributed by atoms with Crippen LogP contribution in [0.3, 0.4) is 0 Å². The summed E-state index contributed by atoms with van der Waals surface area (Å²) in [6, 6.07) is 7.59. The van der Waals surface area contributed by atoms with Crippen molar-refractivity contribution in [3.05, 3.63) is 24.3 Å². The number of aliphatic carboxylic acids is 1. The predicted octanol–water partition coefficient (Wildman–Crippen LogP) is 2.95. The zero-order valence-corrected chi connectivity index (χ0v) is 14.5. The first-order valence-corrected chi connectivity index (χ1v) is 8.04. The smallest absolute Gasteiger partial charge is 0.341 e. The van der Waals surface area contributed by atoms with Crippen LogP contribution < -0.4 is 9.64 Å². The Hall–Kier alpha value is -1.75. The minimum absolute atomic E-state index is 0.301. The third kappa shape index (κ3) is 6.80. The minimum atomic E-state index is -0.955. The number of hydrogen-bond acceptors (Lipinski definition) is 4. The molecule has 1 aromatic rings. The minimum Gasteiger partial charge on any atom is -0.480 e. The van der Waals surface area contributed by atoms with Gasteiger partial charge in [-0.3, -0.25) is 0 Å². The second kappa shape index (κ2) is 11.9. The fourth-order valence-corrected chi connectivity index (χ4v) is 2.03. The fraction of sp³-hybridized carbons (Fsp3) is 0.588. The summed E-state index contributed by atoms with van der Waals surface area (Å²) in [7, 11) is 2.10. The SMILES string of the molecule is CC.CC.CN1CCN(c2ccccc2OCC(=O)O)CC1. The number of rotatable bonds is 4. The average molecular weight is 310 g/mol. The number of nitrogens with zero attached hydrogens (tertiary/aromatic N) is 2. The molecule has 1 saturated heterocycles. The van der Waals surface area contributed by atoms with Crippen LogP contribution in [-0.4, -0.2) is 55.8 Å². The number of hydrogen-bond donors (Lipinski definition) is 1. The first-order valence-electron chi connectivity index (χ1n) is 8.04. The molecular weight excluding hydrogens is 280 g/mol. The Labute approximate surface area is 134 Å². The third-order valence-electron chi connectivity index (χ3n) is 3.06. The van der Waals surface area contributed by atoms with Gasteiger partial charge in [-0.15, -0.1) is 0 Å². The lowest BCUT2D eigenvalue weighted by atomic mass is 10.2. The van der Waals surface area contributed by atoms with Gasteiger partial charge in [-0.05, 0) is 19.2 Å². The van der Waals surface area contributed by atoms with E-state index in [-0.39, 0.29) is 6.61 Å². The maximum Gasteiger partial charge on any atom is 0.341 e. The van der Waals surface area contributed by atoms with Crippen molar-refractivity contribution in [3.63, 3.8) is 0 Å². The van der Waals surface area contributed by atoms with Gasteiger partial charge >= 0.3 is 5.97 Å². The number of benzene rings is 1. The Morgan fingerprint density at radius 3 is 2.18 bits per heavy atom. The van der Waals surface area contributed by atoms with Gasteiger partial charge in [-0.1, -0.05) is 39.8 Å². The third-order valence-corrected chi connectivity index (χ3v) is 3.06. The molecule has 0 saturated carbocycles. The zero-order valence-electron chi connectivity index (χ0n) is 14.5. The van der Waals surface area contributed by atoms with Crippen molar-refractivity contribution < 1.29 is 14.6 Å². The van der Waals surface area contributed by atoms with Gasteiger partial charge in [0, 0.05) is 26.2 Å². The van der Waals surface area contributed by atoms with Crippen molar-refractivity contribution >= 4 is 11.7 Å². The van der Waals surface area contributed by atoms with Crippen molar-refractivity contribution in [2.75, 3.05) is 44.7 Å². The van der Waals surface area contributed by atoms with Gasteiger partial charge < -0.3 is 19.6 Å². The molecular formula is C17H30N2O3. The van der Waals surface area contributed by atoms with Crippen LogP contribution in [0.5, 0.6) is 5.75 Å². The highest BCUT2D eigenvalue weighted by molar-refractivity contribution is 5.69. The van der Waals surface area contributed by atoms with Crippen molar-refractivity contribution in [2.45, 2.75) is 27.7 Å². The molecule has 126 valence electrons. The maximum absolute atomic E-state index is 10.6. The summed E-state index contributed by atoms with van der Waals surface area (Å²) in [4.78, 5) is 15.1. The van der Waals surface area contributed by atoms with E-state index in [0.29, 0.717) is 5.75 Å². The molecule has 1 fully saturated rings. The molecule has 0 radical (unpaired) electrons. The van der Waals surface area contributed by atoms with E-state index in [9.17, 15) is 4.79 Å². The summed E-state index contributed by atoms with van der Waals surface area (Å²) in [5, 5.41) is 8.67. The highest BCUT2D eigenvalue weighted by Crippen LogP contribution is 2.28. The summed E-state index contributed by atoms with van der Waals surface area (Å²) in [6.45, 7) is 11.6. The Morgan fingerprint density at radius 2 is 1.64 bits per heavy atom. The molecule has 1 aliphatic rings. The predicted molar refractivity (Wildman–Crippen MR) is 92.0 cm³/mol. The quantitative estimate of drug-likeness (QED) is 0.926. The first-order chi connectivity index (χ1) is 10.7. The van der Waals surface area contributed by atoms with E-state index in [4.69, 9.17) is 9.84 Å². The first kappa shape index (κ1) is 20.2. The molecule has 1 aromatic carbocycles. The fourth-order valence-electron chi connectivity index (χ4n) is 2.03. The van der Waals surface area contributed by atoms with E-state index in [1.54, 1.807) is 0 Å². The van der Waals surface area contributed by atoms with Crippen LogP contribution in [0.15, 0.2) is 24.3 Å². The lowest BCUT2D eigenvalue weighted by molar-refractivity contribution is -0.139. The van der Waals surface area contributed by atoms with Crippen LogP contribution in [-0.2, 0) is 4.79 Å². The number of para-hydroxylation sites is 2. The molecule has 0 bridgehead atoms. The van der Waals surface area contributed by atoms with Gasteiger partial charge in [-0.25, -0.2) is 4.79 Å². The van der Waals surface area contributed by atoms with Crippen molar-refractivity contribution in [1.29, 1.82) is 0 Å². The number of carboxylic acids is 1. The normalized spacial score (nSPS) is 14.1. The van der Waals surface area contributed by atoms with Crippen LogP contribution in [0.2, 0.25) is 0 Å². The molecule has 1 heterocycles. The van der Waals surface area contributed by atoms with Gasteiger partial charge in [-0.2, -0.15) is 0 Å². The summed E-state index contributed by atoms with van der Waals surface area (Å²) in [5.41, 5.74) is 0.979. The standard InChI is InChI=1S/C13H18N2O3.2C2H6/c1-14-6-8-15(9-7-14)11-4-2-3-5-12(11)18-10-13(16)17;2*1-2/h2-5H,6-10H2,1H3,(H,16,17);2*1-2H3. The Bertz CT molecular complexity index is 416. The van der Waals surface area contributed by atoms with Gasteiger partial charge in [0.2, 0.25) is 0 Å². The summed E-state index contributed by atoms with van der Waals surface area (Å²) >= 11 is 0. The van der Waals surface area contributed by atoms with E-state index in [2.05, 4.69) is 16.8 Å². The molecule has 5 heteroatoms. The van der Waals surface area contributed by atoms with Crippen molar-refractivity contribution in [3.8, 4) is 5.75 Å². The van der Waals surface area contributed by atoms with Crippen molar-refractivity contribution in [1.82, 2.24) is 4.90 Å². The van der Waals surface area contributed by atoms with Crippen LogP contribution >= 0.6 is 0 Å². The molecule has 0 amide bonds. The van der Waals surface area contributed by atoms with Crippen LogP contribution in [0.4, 0.5) is 5.69 Å². The summed E-state index contributed by atoms with van der Waals surface area (Å²) < 4.78 is 5.32. The number of ether oxygens (including phenoxy) is 1. The number of carboxylic acid groups (broad SMARTS) is 1. The topological polar surface area (TPSA) is 53.0 Å². The highest BCUT2D eigenvalue weighted by Gasteiger charge is 2.17. The number of anilines is 1. The van der Waals surface area contributed by atoms with E-state index in [1.165, 1.54) is 0 Å². The van der Waals surface area contributed by atoms with E-state index < -0.39 is 5.97 Å². The Kier molecular flexibility index (Phi) is 10.9. The molecule has 1 N–H and O–H groups in total. The molecule has 0 spiro atoms. The van der Waals surface area contributed by atoms with Crippen molar-refractivity contribution in [2.24, 2.45) is 0 Å². The van der Waals surface area contributed by atoms with Gasteiger partial charge in [0.15, 0.2) is 6.61 Å². The summed E-state index contributed by atoms with van der Waals surface area (Å²) in [5.74, 6) is -0.312. The molecule has 0 unspecified atom stereocenters. The summed E-state index contributed by atoms with van der Waals surface area (Å²) in [6.07, 6.45) is 0. The van der Waals surface area contributed by atoms with E-state index >= 15 is 0 Å². The molecule has 1 aliphatic heterocycles. The van der Waals surface area contributed by atoms with Gasteiger partial charge in [0.25, 0.3) is 0 Å². The molecule has 2 rings (SSSR count). The van der Waals surface area contributed by atoms with Crippen LogP contribution in [0, 0.1) is 0 Å². The largest absolute Gasteiger partial charge is 0.480 e. The van der Waals surface area contributed by atoms with Gasteiger partial charge in [0.05, 0.1) is 5.69 Å². The lowest BCUT2D eigenvalue weighted by Crippen LogP contribution is -2.44. The lowest BCUT2D eigenvalue weighted by Gasteiger charge is -2.34. The number of piperazine rings is 1. The van der Waals surface area contributed by atoms with Crippen LogP contribution in [0.1, 0.15) is 27.7 Å². The number of likely N-dealkylation sites (N-methyl/N-ethyl adjacent to an activating group) is 1. The Balaban J connectivity index is 0.00000102. The second-order valence-corrected chi connectivity index (χ2v) is 4.44. The van der Waals surface area contributed by atoms with Crippen LogP contribution in [0.25, 0.3) is 0 Å². The maximum atomic E-state index is 10.6. The van der Waals surface area contributed by atoms with E-state index in [0.717, 1.165) is 31.9 Å². The average Bonchev–Trinajstić information content (AvgIpc) is 2.58. The Morgan fingerprint density at radius 1 is 1.09 bits per heavy atom. The molecule has 0 atom stereocenters. The molecule has 0 aromatic heterocycles. The number of carbonyl (C=O) groups is 1. The molecule has 5 nitrogen and oxygen atoms in total. The van der Waals surface area contributed by atoms with E-state index in [1.807, 2.05) is 52.0 Å². The van der Waals surface area contributed by atoms with Gasteiger partial charge in [0.1, 0.15) is 5.75 Å². The zero-order chi connectivity index (χ0) is 17.0.